The molecule has 1 aliphatic heterocycles. The average molecular weight is 423 g/mol. The number of hydrogen-bond acceptors (Lipinski definition) is 3. The predicted molar refractivity (Wildman–Crippen MR) is 101 cm³/mol. The van der Waals surface area contributed by atoms with Gasteiger partial charge in [-0.1, -0.05) is 34.5 Å². The molecule has 0 aromatic heterocycles. The molecule has 0 spiro atoms. The van der Waals surface area contributed by atoms with Crippen LogP contribution in [0.5, 0.6) is 0 Å². The van der Waals surface area contributed by atoms with Crippen LogP contribution in [0, 0.1) is 0 Å². The van der Waals surface area contributed by atoms with E-state index in [1.54, 1.807) is 48.5 Å². The number of benzene rings is 2. The largest absolute Gasteiger partial charge is 0.321 e. The molecule has 0 unspecified atom stereocenters. The Hall–Kier alpha value is -1.70. The maximum Gasteiger partial charge on any atom is 0.255 e. The van der Waals surface area contributed by atoms with Crippen LogP contribution < -0.4 is 5.32 Å². The minimum atomic E-state index is -3.62. The van der Waals surface area contributed by atoms with Crippen molar-refractivity contribution in [2.75, 3.05) is 18.4 Å². The molecule has 0 atom stereocenters. The third kappa shape index (κ3) is 4.11. The molecule has 3 rings (SSSR count). The normalized spacial score (nSPS) is 15.7. The first-order valence-electron chi connectivity index (χ1n) is 8.14. The van der Waals surface area contributed by atoms with Gasteiger partial charge < -0.3 is 5.32 Å². The summed E-state index contributed by atoms with van der Waals surface area (Å²) in [6.45, 7) is 1.05. The van der Waals surface area contributed by atoms with E-state index in [4.69, 9.17) is 0 Å². The van der Waals surface area contributed by atoms with Gasteiger partial charge in [-0.2, -0.15) is 4.31 Å². The van der Waals surface area contributed by atoms with Crippen LogP contribution in [0.25, 0.3) is 0 Å². The highest BCUT2D eigenvalue weighted by Crippen LogP contribution is 2.27. The molecule has 1 saturated heterocycles. The second kappa shape index (κ2) is 7.68. The third-order valence-electron chi connectivity index (χ3n) is 4.17. The van der Waals surface area contributed by atoms with E-state index in [1.165, 1.54) is 4.31 Å². The molecule has 2 aromatic rings. The molecule has 132 valence electrons. The van der Waals surface area contributed by atoms with E-state index < -0.39 is 10.0 Å². The highest BCUT2D eigenvalue weighted by atomic mass is 79.9. The van der Waals surface area contributed by atoms with Crippen molar-refractivity contribution >= 4 is 37.5 Å². The Kier molecular flexibility index (Phi) is 5.56. The molecular weight excluding hydrogens is 404 g/mol. The van der Waals surface area contributed by atoms with Crippen LogP contribution in [-0.4, -0.2) is 31.7 Å². The van der Waals surface area contributed by atoms with Crippen LogP contribution in [0.2, 0.25) is 0 Å². The number of carbonyl (C=O) groups is 1. The molecule has 0 saturated carbocycles. The van der Waals surface area contributed by atoms with Crippen LogP contribution >= 0.6 is 15.9 Å². The average Bonchev–Trinajstić information content (AvgIpc) is 2.63. The Morgan fingerprint density at radius 2 is 1.60 bits per heavy atom. The predicted octanol–water partition coefficient (Wildman–Crippen LogP) is 3.88. The van der Waals surface area contributed by atoms with Gasteiger partial charge in [0.05, 0.1) is 5.69 Å². The lowest BCUT2D eigenvalue weighted by Crippen LogP contribution is -2.36. The molecule has 0 radical (unpaired) electrons. The summed E-state index contributed by atoms with van der Waals surface area (Å²) in [7, 11) is -3.62. The first-order valence-corrected chi connectivity index (χ1v) is 10.4. The Morgan fingerprint density at radius 3 is 2.28 bits per heavy atom. The van der Waals surface area contributed by atoms with Crippen molar-refractivity contribution < 1.29 is 13.2 Å². The number of rotatable bonds is 4. The number of piperidine rings is 1. The van der Waals surface area contributed by atoms with E-state index >= 15 is 0 Å². The maximum atomic E-state index is 12.9. The van der Waals surface area contributed by atoms with Gasteiger partial charge in [0.1, 0.15) is 4.90 Å². The summed E-state index contributed by atoms with van der Waals surface area (Å²) < 4.78 is 28.3. The van der Waals surface area contributed by atoms with Crippen molar-refractivity contribution in [3.63, 3.8) is 0 Å². The SMILES string of the molecule is O=C(Nc1ccccc1S(=O)(=O)N1CCCCC1)c1ccc(Br)cc1. The minimum Gasteiger partial charge on any atom is -0.321 e. The molecule has 2 aromatic carbocycles. The highest BCUT2D eigenvalue weighted by Gasteiger charge is 2.28. The summed E-state index contributed by atoms with van der Waals surface area (Å²) in [6.07, 6.45) is 2.78. The fourth-order valence-electron chi connectivity index (χ4n) is 2.83. The molecule has 1 amide bonds. The lowest BCUT2D eigenvalue weighted by Gasteiger charge is -2.26. The fraction of sp³-hybridized carbons (Fsp3) is 0.278. The summed E-state index contributed by atoms with van der Waals surface area (Å²) >= 11 is 3.33. The van der Waals surface area contributed by atoms with Gasteiger partial charge >= 0.3 is 0 Å². The second-order valence-corrected chi connectivity index (χ2v) is 8.74. The van der Waals surface area contributed by atoms with E-state index in [0.29, 0.717) is 24.3 Å². The number of carbonyl (C=O) groups excluding carboxylic acids is 1. The Bertz CT molecular complexity index is 860. The molecular formula is C18H19BrN2O3S. The molecule has 0 bridgehead atoms. The maximum absolute atomic E-state index is 12.9. The summed E-state index contributed by atoms with van der Waals surface area (Å²) in [5, 5.41) is 2.73. The van der Waals surface area contributed by atoms with Gasteiger partial charge in [0.2, 0.25) is 10.0 Å². The number of halogens is 1. The Balaban J connectivity index is 1.88. The first-order chi connectivity index (χ1) is 12.0. The van der Waals surface area contributed by atoms with Crippen molar-refractivity contribution in [1.82, 2.24) is 4.31 Å². The van der Waals surface area contributed by atoms with E-state index in [9.17, 15) is 13.2 Å². The number of nitrogens with one attached hydrogen (secondary N) is 1. The quantitative estimate of drug-likeness (QED) is 0.812. The van der Waals surface area contributed by atoms with Gasteiger partial charge in [-0.05, 0) is 49.2 Å². The van der Waals surface area contributed by atoms with Crippen molar-refractivity contribution in [2.45, 2.75) is 24.2 Å². The van der Waals surface area contributed by atoms with Crippen LogP contribution in [0.15, 0.2) is 57.9 Å². The smallest absolute Gasteiger partial charge is 0.255 e. The lowest BCUT2D eigenvalue weighted by molar-refractivity contribution is 0.102. The van der Waals surface area contributed by atoms with Gasteiger partial charge in [-0.15, -0.1) is 0 Å². The van der Waals surface area contributed by atoms with E-state index in [-0.39, 0.29) is 10.8 Å². The molecule has 1 heterocycles. The van der Waals surface area contributed by atoms with Gasteiger partial charge in [0.15, 0.2) is 0 Å². The number of nitrogens with zero attached hydrogens (tertiary/aromatic N) is 1. The standard InChI is InChI=1S/C18H19BrN2O3S/c19-15-10-8-14(9-11-15)18(22)20-16-6-2-3-7-17(16)25(23,24)21-12-4-1-5-13-21/h2-3,6-11H,1,4-5,12-13H2,(H,20,22). The minimum absolute atomic E-state index is 0.141. The molecule has 25 heavy (non-hydrogen) atoms. The monoisotopic (exact) mass is 422 g/mol. The molecule has 1 fully saturated rings. The number of para-hydroxylation sites is 1. The van der Waals surface area contributed by atoms with Gasteiger partial charge in [0, 0.05) is 23.1 Å². The topological polar surface area (TPSA) is 66.5 Å². The molecule has 0 aliphatic carbocycles. The van der Waals surface area contributed by atoms with Gasteiger partial charge in [0.25, 0.3) is 5.91 Å². The molecule has 1 N–H and O–H groups in total. The summed E-state index contributed by atoms with van der Waals surface area (Å²) in [4.78, 5) is 12.6. The number of amides is 1. The van der Waals surface area contributed by atoms with Crippen LogP contribution in [0.4, 0.5) is 5.69 Å². The van der Waals surface area contributed by atoms with Crippen molar-refractivity contribution in [2.24, 2.45) is 0 Å². The first kappa shape index (κ1) is 18.1. The van der Waals surface area contributed by atoms with E-state index in [2.05, 4.69) is 21.2 Å². The fourth-order valence-corrected chi connectivity index (χ4v) is 4.76. The number of anilines is 1. The number of hydrogen-bond donors (Lipinski definition) is 1. The highest BCUT2D eigenvalue weighted by molar-refractivity contribution is 9.10. The lowest BCUT2D eigenvalue weighted by atomic mass is 10.2. The second-order valence-electron chi connectivity index (χ2n) is 5.92. The van der Waals surface area contributed by atoms with Crippen LogP contribution in [-0.2, 0) is 10.0 Å². The van der Waals surface area contributed by atoms with E-state index in [1.807, 2.05) is 0 Å². The summed E-state index contributed by atoms with van der Waals surface area (Å²) in [6, 6.07) is 13.5. The summed E-state index contributed by atoms with van der Waals surface area (Å²) in [5.41, 5.74) is 0.773. The van der Waals surface area contributed by atoms with E-state index in [0.717, 1.165) is 23.7 Å². The van der Waals surface area contributed by atoms with Crippen molar-refractivity contribution in [1.29, 1.82) is 0 Å². The number of sulfonamides is 1. The zero-order valence-corrected chi connectivity index (χ0v) is 16.0. The Morgan fingerprint density at radius 1 is 0.960 bits per heavy atom. The van der Waals surface area contributed by atoms with Crippen LogP contribution in [0.1, 0.15) is 29.6 Å². The van der Waals surface area contributed by atoms with Crippen molar-refractivity contribution in [3.8, 4) is 0 Å². The zero-order valence-electron chi connectivity index (χ0n) is 13.6. The van der Waals surface area contributed by atoms with Crippen LogP contribution in [0.3, 0.4) is 0 Å². The third-order valence-corrected chi connectivity index (χ3v) is 6.66. The van der Waals surface area contributed by atoms with Crippen molar-refractivity contribution in [3.05, 3.63) is 58.6 Å². The molecule has 7 heteroatoms. The van der Waals surface area contributed by atoms with Gasteiger partial charge in [-0.3, -0.25) is 4.79 Å². The molecule has 1 aliphatic rings. The summed E-state index contributed by atoms with van der Waals surface area (Å²) in [5.74, 6) is -0.339. The zero-order chi connectivity index (χ0) is 17.9. The molecule has 5 nitrogen and oxygen atoms in total. The van der Waals surface area contributed by atoms with Gasteiger partial charge in [-0.25, -0.2) is 8.42 Å². The Labute approximate surface area is 156 Å².